The van der Waals surface area contributed by atoms with Gasteiger partial charge in [-0.3, -0.25) is 0 Å². The van der Waals surface area contributed by atoms with Crippen molar-refractivity contribution >= 4 is 11.8 Å². The second-order valence-electron chi connectivity index (χ2n) is 4.05. The summed E-state index contributed by atoms with van der Waals surface area (Å²) >= 11 is 1.41. The van der Waals surface area contributed by atoms with Gasteiger partial charge >= 0.3 is 0 Å². The summed E-state index contributed by atoms with van der Waals surface area (Å²) < 4.78 is 12.3. The lowest BCUT2D eigenvalue weighted by Gasteiger charge is -2.08. The van der Waals surface area contributed by atoms with Gasteiger partial charge in [-0.1, -0.05) is 23.9 Å². The molecule has 0 spiro atoms. The van der Waals surface area contributed by atoms with Crippen LogP contribution in [-0.4, -0.2) is 37.5 Å². The van der Waals surface area contributed by atoms with Gasteiger partial charge in [0.2, 0.25) is 16.9 Å². The van der Waals surface area contributed by atoms with Crippen LogP contribution in [0.5, 0.6) is 5.75 Å². The number of rotatable bonds is 5. The molecule has 0 amide bonds. The maximum absolute atomic E-state index is 5.33. The van der Waals surface area contributed by atoms with Crippen molar-refractivity contribution in [2.24, 2.45) is 0 Å². The molecule has 21 heavy (non-hydrogen) atoms. The third kappa shape index (κ3) is 2.87. The number of methoxy groups -OCH3 is 1. The molecule has 0 unspecified atom stereocenters. The lowest BCUT2D eigenvalue weighted by atomic mass is 10.3. The molecule has 2 aromatic heterocycles. The van der Waals surface area contributed by atoms with Gasteiger partial charge in [-0.05, 0) is 22.6 Å². The number of para-hydroxylation sites is 2. The Morgan fingerprint density at radius 1 is 1.24 bits per heavy atom. The number of ether oxygens (including phenoxy) is 1. The molecule has 108 valence electrons. The highest BCUT2D eigenvalue weighted by Crippen LogP contribution is 2.26. The highest BCUT2D eigenvalue weighted by Gasteiger charge is 2.14. The number of aromatic nitrogens is 6. The first kappa shape index (κ1) is 13.6. The molecule has 0 N–H and O–H groups in total. The minimum Gasteiger partial charge on any atom is -0.494 e. The molecule has 3 aromatic rings. The Morgan fingerprint density at radius 3 is 2.86 bits per heavy atom. The Morgan fingerprint density at radius 2 is 2.10 bits per heavy atom. The Labute approximate surface area is 124 Å². The summed E-state index contributed by atoms with van der Waals surface area (Å²) in [5.41, 5.74) is 0.772. The van der Waals surface area contributed by atoms with Gasteiger partial charge in [0.15, 0.2) is 0 Å². The van der Waals surface area contributed by atoms with E-state index in [1.54, 1.807) is 18.7 Å². The van der Waals surface area contributed by atoms with E-state index in [1.165, 1.54) is 11.8 Å². The molecule has 0 aliphatic heterocycles. The average Bonchev–Trinajstić information content (AvgIpc) is 3.13. The molecule has 0 saturated carbocycles. The van der Waals surface area contributed by atoms with Gasteiger partial charge in [-0.25, -0.2) is 0 Å². The lowest BCUT2D eigenvalue weighted by Crippen LogP contribution is -2.01. The fraction of sp³-hybridized carbons (Fsp3) is 0.250. The molecular formula is C12H12N6O2S. The van der Waals surface area contributed by atoms with Crippen molar-refractivity contribution in [1.82, 2.24) is 30.4 Å². The summed E-state index contributed by atoms with van der Waals surface area (Å²) in [6.45, 7) is 1.75. The molecule has 0 aliphatic rings. The smallest absolute Gasteiger partial charge is 0.226 e. The van der Waals surface area contributed by atoms with Crippen molar-refractivity contribution in [2.45, 2.75) is 17.8 Å². The predicted molar refractivity (Wildman–Crippen MR) is 74.3 cm³/mol. The molecule has 0 saturated heterocycles. The van der Waals surface area contributed by atoms with Gasteiger partial charge in [-0.2, -0.15) is 4.68 Å². The largest absolute Gasteiger partial charge is 0.494 e. The van der Waals surface area contributed by atoms with Crippen LogP contribution in [0.25, 0.3) is 5.69 Å². The van der Waals surface area contributed by atoms with Crippen molar-refractivity contribution in [2.75, 3.05) is 7.11 Å². The quantitative estimate of drug-likeness (QED) is 0.657. The van der Waals surface area contributed by atoms with E-state index in [9.17, 15) is 0 Å². The van der Waals surface area contributed by atoms with Crippen LogP contribution in [0.4, 0.5) is 0 Å². The first-order chi connectivity index (χ1) is 10.3. The second kappa shape index (κ2) is 5.92. The Balaban J connectivity index is 1.83. The maximum atomic E-state index is 5.33. The van der Waals surface area contributed by atoms with Crippen molar-refractivity contribution < 1.29 is 9.15 Å². The van der Waals surface area contributed by atoms with Gasteiger partial charge in [0, 0.05) is 6.92 Å². The number of nitrogens with zero attached hydrogens (tertiary/aromatic N) is 6. The van der Waals surface area contributed by atoms with E-state index in [1.807, 2.05) is 24.3 Å². The van der Waals surface area contributed by atoms with E-state index >= 15 is 0 Å². The molecule has 0 fully saturated rings. The SMILES string of the molecule is COc1ccccc1-n1nnnc1SCc1nnc(C)o1. The van der Waals surface area contributed by atoms with Crippen LogP contribution in [0.3, 0.4) is 0 Å². The van der Waals surface area contributed by atoms with E-state index in [0.29, 0.717) is 28.4 Å². The van der Waals surface area contributed by atoms with Gasteiger partial charge in [0.1, 0.15) is 11.4 Å². The van der Waals surface area contributed by atoms with Crippen LogP contribution in [0.1, 0.15) is 11.8 Å². The zero-order valence-corrected chi connectivity index (χ0v) is 12.2. The number of benzene rings is 1. The summed E-state index contributed by atoms with van der Waals surface area (Å²) in [4.78, 5) is 0. The molecule has 1 aromatic carbocycles. The van der Waals surface area contributed by atoms with Crippen LogP contribution < -0.4 is 4.74 Å². The summed E-state index contributed by atoms with van der Waals surface area (Å²) in [5.74, 6) is 2.26. The minimum absolute atomic E-state index is 0.496. The number of thioether (sulfide) groups is 1. The molecule has 0 aliphatic carbocycles. The van der Waals surface area contributed by atoms with Gasteiger partial charge < -0.3 is 9.15 Å². The normalized spacial score (nSPS) is 10.8. The monoisotopic (exact) mass is 304 g/mol. The van der Waals surface area contributed by atoms with Crippen molar-refractivity contribution in [3.05, 3.63) is 36.0 Å². The van der Waals surface area contributed by atoms with Crippen LogP contribution in [-0.2, 0) is 5.75 Å². The summed E-state index contributed by atoms with van der Waals surface area (Å²) in [5, 5.41) is 20.1. The number of hydrogen-bond acceptors (Lipinski definition) is 8. The number of tetrazole rings is 1. The average molecular weight is 304 g/mol. The predicted octanol–water partition coefficient (Wildman–Crippen LogP) is 1.65. The fourth-order valence-corrected chi connectivity index (χ4v) is 2.47. The van der Waals surface area contributed by atoms with E-state index in [4.69, 9.17) is 9.15 Å². The topological polar surface area (TPSA) is 91.8 Å². The van der Waals surface area contributed by atoms with Gasteiger partial charge in [0.25, 0.3) is 0 Å². The number of aryl methyl sites for hydroxylation is 1. The van der Waals surface area contributed by atoms with Crippen molar-refractivity contribution in [1.29, 1.82) is 0 Å². The third-order valence-electron chi connectivity index (χ3n) is 2.65. The molecule has 0 atom stereocenters. The van der Waals surface area contributed by atoms with Crippen LogP contribution in [0.2, 0.25) is 0 Å². The van der Waals surface area contributed by atoms with Crippen LogP contribution >= 0.6 is 11.8 Å². The van der Waals surface area contributed by atoms with Gasteiger partial charge in [-0.15, -0.1) is 15.3 Å². The molecule has 8 nitrogen and oxygen atoms in total. The maximum Gasteiger partial charge on any atom is 0.226 e. The lowest BCUT2D eigenvalue weighted by molar-refractivity contribution is 0.410. The highest BCUT2D eigenvalue weighted by atomic mass is 32.2. The summed E-state index contributed by atoms with van der Waals surface area (Å²) in [7, 11) is 1.61. The van der Waals surface area contributed by atoms with E-state index in [2.05, 4.69) is 25.7 Å². The molecule has 9 heteroatoms. The summed E-state index contributed by atoms with van der Waals surface area (Å²) in [6, 6.07) is 7.53. The van der Waals surface area contributed by atoms with Gasteiger partial charge in [0.05, 0.1) is 12.9 Å². The van der Waals surface area contributed by atoms with E-state index < -0.39 is 0 Å². The second-order valence-corrected chi connectivity index (χ2v) is 4.99. The number of hydrogen-bond donors (Lipinski definition) is 0. The van der Waals surface area contributed by atoms with Crippen LogP contribution in [0, 0.1) is 6.92 Å². The minimum atomic E-state index is 0.496. The molecular weight excluding hydrogens is 292 g/mol. The molecule has 0 radical (unpaired) electrons. The first-order valence-corrected chi connectivity index (χ1v) is 7.10. The first-order valence-electron chi connectivity index (χ1n) is 6.11. The summed E-state index contributed by atoms with van der Waals surface area (Å²) in [6.07, 6.45) is 0. The third-order valence-corrected chi connectivity index (χ3v) is 3.55. The molecule has 2 heterocycles. The zero-order valence-electron chi connectivity index (χ0n) is 11.4. The van der Waals surface area contributed by atoms with E-state index in [-0.39, 0.29) is 0 Å². The van der Waals surface area contributed by atoms with Crippen LogP contribution in [0.15, 0.2) is 33.8 Å². The molecule has 0 bridgehead atoms. The zero-order chi connectivity index (χ0) is 14.7. The Kier molecular flexibility index (Phi) is 3.82. The standard InChI is InChI=1S/C12H12N6O2S/c1-8-13-14-11(20-8)7-21-12-15-16-17-18(12)9-5-3-4-6-10(9)19-2/h3-6H,7H2,1-2H3. The van der Waals surface area contributed by atoms with Crippen molar-refractivity contribution in [3.63, 3.8) is 0 Å². The van der Waals surface area contributed by atoms with E-state index in [0.717, 1.165) is 5.69 Å². The fourth-order valence-electron chi connectivity index (χ4n) is 1.75. The van der Waals surface area contributed by atoms with Crippen molar-refractivity contribution in [3.8, 4) is 11.4 Å². The Bertz CT molecular complexity index is 741. The highest BCUT2D eigenvalue weighted by molar-refractivity contribution is 7.98. The molecule has 3 rings (SSSR count). The Hall–Kier alpha value is -2.42.